The highest BCUT2D eigenvalue weighted by atomic mass is 32.2. The topological polar surface area (TPSA) is 55.4 Å². The molecule has 22 heavy (non-hydrogen) atoms. The average Bonchev–Trinajstić information content (AvgIpc) is 2.51. The van der Waals surface area contributed by atoms with Crippen molar-refractivity contribution >= 4 is 10.1 Å². The minimum Gasteiger partial charge on any atom is -0.311 e. The van der Waals surface area contributed by atoms with E-state index >= 15 is 0 Å². The number of hydrogen-bond acceptors (Lipinski definition) is 4. The van der Waals surface area contributed by atoms with Crippen molar-refractivity contribution < 1.29 is 12.6 Å². The zero-order chi connectivity index (χ0) is 15.4. The highest BCUT2D eigenvalue weighted by Gasteiger charge is 2.28. The van der Waals surface area contributed by atoms with Gasteiger partial charge in [0.05, 0.1) is 5.75 Å². The molecular weight excluding hydrogens is 298 g/mol. The van der Waals surface area contributed by atoms with Gasteiger partial charge in [0.2, 0.25) is 0 Å². The fourth-order valence-corrected chi connectivity index (χ4v) is 3.96. The van der Waals surface area contributed by atoms with E-state index in [9.17, 15) is 8.42 Å². The van der Waals surface area contributed by atoms with Gasteiger partial charge in [-0.3, -0.25) is 4.18 Å². The Balaban J connectivity index is 1.86. The molecule has 4 nitrogen and oxygen atoms in total. The lowest BCUT2D eigenvalue weighted by Crippen LogP contribution is -2.49. The first-order chi connectivity index (χ1) is 10.6. The van der Waals surface area contributed by atoms with Crippen LogP contribution in [-0.2, 0) is 14.3 Å². The number of hydrogen-bond donors (Lipinski definition) is 1. The highest BCUT2D eigenvalue weighted by Crippen LogP contribution is 2.27. The van der Waals surface area contributed by atoms with Crippen LogP contribution in [0.2, 0.25) is 0 Å². The van der Waals surface area contributed by atoms with Crippen LogP contribution < -0.4 is 5.32 Å². The second-order valence-corrected chi connectivity index (χ2v) is 7.12. The zero-order valence-electron chi connectivity index (χ0n) is 12.2. The summed E-state index contributed by atoms with van der Waals surface area (Å²) in [5.74, 6) is -0.266. The summed E-state index contributed by atoms with van der Waals surface area (Å²) in [6.07, 6.45) is -0.225. The first-order valence-corrected chi connectivity index (χ1v) is 8.93. The van der Waals surface area contributed by atoms with Crippen LogP contribution in [0.25, 0.3) is 0 Å². The van der Waals surface area contributed by atoms with E-state index in [0.29, 0.717) is 13.1 Å². The molecule has 0 atom stereocenters. The summed E-state index contributed by atoms with van der Waals surface area (Å²) in [5, 5.41) is 3.01. The SMILES string of the molecule is O=S(=O)(CC(c1ccccc1)c1ccccc1)OC1CNC1. The second kappa shape index (κ2) is 6.60. The number of benzene rings is 2. The molecular formula is C17H19NO3S. The predicted molar refractivity (Wildman–Crippen MR) is 86.3 cm³/mol. The molecule has 0 aliphatic carbocycles. The molecule has 1 aliphatic rings. The van der Waals surface area contributed by atoms with E-state index in [2.05, 4.69) is 5.32 Å². The van der Waals surface area contributed by atoms with Crippen molar-refractivity contribution in [1.82, 2.24) is 5.32 Å². The molecule has 2 aromatic carbocycles. The Hall–Kier alpha value is -1.69. The Morgan fingerprint density at radius 2 is 1.45 bits per heavy atom. The van der Waals surface area contributed by atoms with Crippen LogP contribution in [0.15, 0.2) is 60.7 Å². The van der Waals surface area contributed by atoms with Crippen molar-refractivity contribution in [3.8, 4) is 0 Å². The molecule has 5 heteroatoms. The van der Waals surface area contributed by atoms with Crippen molar-refractivity contribution in [2.75, 3.05) is 18.8 Å². The van der Waals surface area contributed by atoms with Crippen molar-refractivity contribution in [3.63, 3.8) is 0 Å². The summed E-state index contributed by atoms with van der Waals surface area (Å²) >= 11 is 0. The predicted octanol–water partition coefficient (Wildman–Crippen LogP) is 2.14. The molecule has 1 saturated heterocycles. The van der Waals surface area contributed by atoms with Gasteiger partial charge >= 0.3 is 0 Å². The summed E-state index contributed by atoms with van der Waals surface area (Å²) < 4.78 is 29.9. The van der Waals surface area contributed by atoms with Crippen LogP contribution in [0.5, 0.6) is 0 Å². The van der Waals surface area contributed by atoms with E-state index in [1.165, 1.54) is 0 Å². The second-order valence-electron chi connectivity index (χ2n) is 5.47. The Labute approximate surface area is 131 Å². The van der Waals surface area contributed by atoms with E-state index in [0.717, 1.165) is 11.1 Å². The summed E-state index contributed by atoms with van der Waals surface area (Å²) in [6.45, 7) is 1.20. The van der Waals surface area contributed by atoms with Crippen LogP contribution in [-0.4, -0.2) is 33.4 Å². The first-order valence-electron chi connectivity index (χ1n) is 7.35. The normalized spacial score (nSPS) is 15.7. The van der Waals surface area contributed by atoms with Gasteiger partial charge in [0.15, 0.2) is 0 Å². The van der Waals surface area contributed by atoms with E-state index < -0.39 is 10.1 Å². The molecule has 1 aliphatic heterocycles. The van der Waals surface area contributed by atoms with Crippen LogP contribution in [0.4, 0.5) is 0 Å². The third-order valence-corrected chi connectivity index (χ3v) is 5.11. The van der Waals surface area contributed by atoms with Crippen LogP contribution in [0, 0.1) is 0 Å². The van der Waals surface area contributed by atoms with Crippen molar-refractivity contribution in [1.29, 1.82) is 0 Å². The van der Waals surface area contributed by atoms with E-state index in [1.54, 1.807) is 0 Å². The largest absolute Gasteiger partial charge is 0.311 e. The lowest BCUT2D eigenvalue weighted by molar-refractivity contribution is 0.149. The Bertz CT molecular complexity index is 658. The Kier molecular flexibility index (Phi) is 4.57. The van der Waals surface area contributed by atoms with Crippen LogP contribution >= 0.6 is 0 Å². The molecule has 3 rings (SSSR count). The van der Waals surface area contributed by atoms with Gasteiger partial charge in [0.25, 0.3) is 10.1 Å². The Morgan fingerprint density at radius 1 is 0.955 bits per heavy atom. The van der Waals surface area contributed by atoms with Gasteiger partial charge in [-0.25, -0.2) is 0 Å². The first kappa shape index (κ1) is 15.2. The molecule has 1 heterocycles. The molecule has 0 unspecified atom stereocenters. The van der Waals surface area contributed by atoms with Crippen molar-refractivity contribution in [2.45, 2.75) is 12.0 Å². The maximum atomic E-state index is 12.3. The van der Waals surface area contributed by atoms with E-state index in [-0.39, 0.29) is 17.8 Å². The van der Waals surface area contributed by atoms with Gasteiger partial charge in [0, 0.05) is 19.0 Å². The van der Waals surface area contributed by atoms with Gasteiger partial charge in [0.1, 0.15) is 6.10 Å². The summed E-state index contributed by atoms with van der Waals surface area (Å²) in [5.41, 5.74) is 1.96. The minimum atomic E-state index is -3.58. The molecule has 0 saturated carbocycles. The van der Waals surface area contributed by atoms with Gasteiger partial charge in [-0.2, -0.15) is 8.42 Å². The molecule has 116 valence electrons. The summed E-state index contributed by atoms with van der Waals surface area (Å²) in [4.78, 5) is 0. The molecule has 1 N–H and O–H groups in total. The standard InChI is InChI=1S/C17H19NO3S/c19-22(20,21-16-11-18-12-16)13-17(14-7-3-1-4-8-14)15-9-5-2-6-10-15/h1-10,16-18H,11-13H2. The third kappa shape index (κ3) is 3.74. The highest BCUT2D eigenvalue weighted by molar-refractivity contribution is 7.86. The molecule has 0 aromatic heterocycles. The molecule has 1 fully saturated rings. The third-order valence-electron chi connectivity index (χ3n) is 3.80. The maximum absolute atomic E-state index is 12.3. The fourth-order valence-electron chi connectivity index (χ4n) is 2.54. The van der Waals surface area contributed by atoms with E-state index in [1.807, 2.05) is 60.7 Å². The van der Waals surface area contributed by atoms with Gasteiger partial charge < -0.3 is 5.32 Å². The summed E-state index contributed by atoms with van der Waals surface area (Å²) in [7, 11) is -3.58. The van der Waals surface area contributed by atoms with Gasteiger partial charge in [-0.05, 0) is 11.1 Å². The fraction of sp³-hybridized carbons (Fsp3) is 0.294. The monoisotopic (exact) mass is 317 g/mol. The maximum Gasteiger partial charge on any atom is 0.268 e. The van der Waals surface area contributed by atoms with Crippen LogP contribution in [0.1, 0.15) is 17.0 Å². The molecule has 0 spiro atoms. The molecule has 2 aromatic rings. The summed E-state index contributed by atoms with van der Waals surface area (Å²) in [6, 6.07) is 19.4. The number of nitrogens with one attached hydrogen (secondary N) is 1. The van der Waals surface area contributed by atoms with Crippen LogP contribution in [0.3, 0.4) is 0 Å². The zero-order valence-corrected chi connectivity index (χ0v) is 13.0. The quantitative estimate of drug-likeness (QED) is 0.829. The smallest absolute Gasteiger partial charge is 0.268 e. The van der Waals surface area contributed by atoms with Gasteiger partial charge in [-0.1, -0.05) is 60.7 Å². The van der Waals surface area contributed by atoms with E-state index in [4.69, 9.17) is 4.18 Å². The van der Waals surface area contributed by atoms with Crippen molar-refractivity contribution in [3.05, 3.63) is 71.8 Å². The lowest BCUT2D eigenvalue weighted by Gasteiger charge is -2.27. The van der Waals surface area contributed by atoms with Gasteiger partial charge in [-0.15, -0.1) is 0 Å². The molecule has 0 amide bonds. The minimum absolute atomic E-state index is 0.0441. The lowest BCUT2D eigenvalue weighted by atomic mass is 9.93. The Morgan fingerprint density at radius 3 is 1.86 bits per heavy atom. The molecule has 0 bridgehead atoms. The molecule has 0 radical (unpaired) electrons. The average molecular weight is 317 g/mol. The number of rotatable bonds is 6. The van der Waals surface area contributed by atoms with Crippen molar-refractivity contribution in [2.24, 2.45) is 0 Å².